The molecule has 27 heavy (non-hydrogen) atoms. The summed E-state index contributed by atoms with van der Waals surface area (Å²) < 4.78 is 1.66. The van der Waals surface area contributed by atoms with Crippen LogP contribution in [0.25, 0.3) is 10.9 Å². The lowest BCUT2D eigenvalue weighted by Gasteiger charge is -2.12. The Morgan fingerprint density at radius 1 is 1.19 bits per heavy atom. The quantitative estimate of drug-likeness (QED) is 0.475. The minimum Gasteiger partial charge on any atom is -0.325 e. The van der Waals surface area contributed by atoms with Gasteiger partial charge in [0.15, 0.2) is 5.16 Å². The molecule has 0 fully saturated rings. The summed E-state index contributed by atoms with van der Waals surface area (Å²) in [4.78, 5) is 30.8. The summed E-state index contributed by atoms with van der Waals surface area (Å²) in [6, 6.07) is 15.0. The zero-order chi connectivity index (χ0) is 19.2. The van der Waals surface area contributed by atoms with Crippen LogP contribution < -0.4 is 10.9 Å². The molecule has 0 spiro atoms. The average Bonchev–Trinajstić information content (AvgIpc) is 2.69. The number of anilines is 1. The lowest BCUT2D eigenvalue weighted by molar-refractivity contribution is -0.113. The van der Waals surface area contributed by atoms with E-state index >= 15 is 0 Å². The first-order valence-electron chi connectivity index (χ1n) is 8.68. The van der Waals surface area contributed by atoms with Crippen LogP contribution in [-0.2, 0) is 11.3 Å². The van der Waals surface area contributed by atoms with Crippen LogP contribution in [0, 0.1) is 0 Å². The minimum atomic E-state index is -0.122. The number of nitrogens with zero attached hydrogens (tertiary/aromatic N) is 2. The van der Waals surface area contributed by atoms with E-state index in [2.05, 4.69) is 10.3 Å². The SMILES string of the molecule is CCCn1c(SCC(=O)Nc2cccc(SC)c2)nc2ccccc2c1=O. The van der Waals surface area contributed by atoms with Gasteiger partial charge in [0.25, 0.3) is 5.56 Å². The van der Waals surface area contributed by atoms with E-state index in [0.29, 0.717) is 22.6 Å². The molecular weight excluding hydrogens is 378 g/mol. The van der Waals surface area contributed by atoms with Gasteiger partial charge >= 0.3 is 0 Å². The molecule has 0 saturated heterocycles. The molecule has 0 radical (unpaired) electrons. The van der Waals surface area contributed by atoms with Crippen LogP contribution in [0.5, 0.6) is 0 Å². The summed E-state index contributed by atoms with van der Waals surface area (Å²) in [5.74, 6) is 0.0709. The number of amides is 1. The number of hydrogen-bond acceptors (Lipinski definition) is 5. The van der Waals surface area contributed by atoms with Crippen molar-refractivity contribution >= 4 is 46.0 Å². The Morgan fingerprint density at radius 3 is 2.78 bits per heavy atom. The van der Waals surface area contributed by atoms with Crippen molar-refractivity contribution in [1.82, 2.24) is 9.55 Å². The van der Waals surface area contributed by atoms with Crippen molar-refractivity contribution in [3.8, 4) is 0 Å². The number of aromatic nitrogens is 2. The molecule has 0 unspecified atom stereocenters. The highest BCUT2D eigenvalue weighted by Crippen LogP contribution is 2.21. The highest BCUT2D eigenvalue weighted by Gasteiger charge is 2.13. The Balaban J connectivity index is 1.78. The van der Waals surface area contributed by atoms with E-state index in [1.54, 1.807) is 22.4 Å². The summed E-state index contributed by atoms with van der Waals surface area (Å²) >= 11 is 2.91. The Bertz CT molecular complexity index is 1020. The van der Waals surface area contributed by atoms with Gasteiger partial charge in [-0.15, -0.1) is 11.8 Å². The number of benzene rings is 2. The third kappa shape index (κ3) is 4.73. The van der Waals surface area contributed by atoms with E-state index < -0.39 is 0 Å². The molecule has 0 aliphatic carbocycles. The van der Waals surface area contributed by atoms with Crippen LogP contribution in [0.2, 0.25) is 0 Å². The fourth-order valence-corrected chi connectivity index (χ4v) is 3.99. The van der Waals surface area contributed by atoms with Crippen molar-refractivity contribution < 1.29 is 4.79 Å². The topological polar surface area (TPSA) is 64.0 Å². The molecule has 0 bridgehead atoms. The Kier molecular flexibility index (Phi) is 6.58. The maximum Gasteiger partial charge on any atom is 0.262 e. The fraction of sp³-hybridized carbons (Fsp3) is 0.250. The summed E-state index contributed by atoms with van der Waals surface area (Å²) in [5, 5.41) is 4.08. The third-order valence-electron chi connectivity index (χ3n) is 3.96. The molecule has 3 aromatic rings. The van der Waals surface area contributed by atoms with Crippen LogP contribution in [-0.4, -0.2) is 27.5 Å². The number of nitrogens with one attached hydrogen (secondary N) is 1. The Labute approximate surface area is 166 Å². The predicted molar refractivity (Wildman–Crippen MR) is 114 cm³/mol. The predicted octanol–water partition coefficient (Wildman–Crippen LogP) is 4.26. The third-order valence-corrected chi connectivity index (χ3v) is 5.66. The lowest BCUT2D eigenvalue weighted by Crippen LogP contribution is -2.24. The van der Waals surface area contributed by atoms with E-state index in [1.165, 1.54) is 11.8 Å². The number of carbonyl (C=O) groups excluding carboxylic acids is 1. The van der Waals surface area contributed by atoms with E-state index in [1.807, 2.05) is 55.6 Å². The Hall–Kier alpha value is -2.25. The molecule has 5 nitrogen and oxygen atoms in total. The lowest BCUT2D eigenvalue weighted by atomic mass is 10.2. The van der Waals surface area contributed by atoms with Crippen LogP contribution in [0.15, 0.2) is 63.4 Å². The van der Waals surface area contributed by atoms with Crippen molar-refractivity contribution in [3.05, 3.63) is 58.9 Å². The van der Waals surface area contributed by atoms with Crippen molar-refractivity contribution in [2.24, 2.45) is 0 Å². The van der Waals surface area contributed by atoms with Crippen molar-refractivity contribution in [2.75, 3.05) is 17.3 Å². The molecule has 0 atom stereocenters. The van der Waals surface area contributed by atoms with Gasteiger partial charge in [-0.2, -0.15) is 0 Å². The van der Waals surface area contributed by atoms with Gasteiger partial charge < -0.3 is 5.32 Å². The Morgan fingerprint density at radius 2 is 2.00 bits per heavy atom. The van der Waals surface area contributed by atoms with Crippen LogP contribution in [0.1, 0.15) is 13.3 Å². The summed E-state index contributed by atoms with van der Waals surface area (Å²) in [5.41, 5.74) is 1.37. The molecule has 1 amide bonds. The number of fused-ring (bicyclic) bond motifs is 1. The van der Waals surface area contributed by atoms with Gasteiger partial charge in [-0.05, 0) is 43.0 Å². The standard InChI is InChI=1S/C20H21N3O2S2/c1-3-11-23-19(25)16-9-4-5-10-17(16)22-20(23)27-13-18(24)21-14-7-6-8-15(12-14)26-2/h4-10,12H,3,11,13H2,1-2H3,(H,21,24). The molecule has 1 N–H and O–H groups in total. The maximum absolute atomic E-state index is 12.8. The molecule has 2 aromatic carbocycles. The summed E-state index contributed by atoms with van der Waals surface area (Å²) in [7, 11) is 0. The van der Waals surface area contributed by atoms with Crippen molar-refractivity contribution in [2.45, 2.75) is 29.9 Å². The van der Waals surface area contributed by atoms with Crippen molar-refractivity contribution in [3.63, 3.8) is 0 Å². The highest BCUT2D eigenvalue weighted by atomic mass is 32.2. The van der Waals surface area contributed by atoms with Crippen LogP contribution in [0.4, 0.5) is 5.69 Å². The first-order chi connectivity index (χ1) is 13.1. The smallest absolute Gasteiger partial charge is 0.262 e. The van der Waals surface area contributed by atoms with E-state index in [-0.39, 0.29) is 17.2 Å². The van der Waals surface area contributed by atoms with E-state index in [4.69, 9.17) is 0 Å². The van der Waals surface area contributed by atoms with Crippen LogP contribution in [0.3, 0.4) is 0 Å². The largest absolute Gasteiger partial charge is 0.325 e. The number of carbonyl (C=O) groups is 1. The highest BCUT2D eigenvalue weighted by molar-refractivity contribution is 7.99. The second kappa shape index (κ2) is 9.10. The molecule has 0 aliphatic rings. The van der Waals surface area contributed by atoms with E-state index in [0.717, 1.165) is 17.0 Å². The minimum absolute atomic E-state index is 0.0574. The summed E-state index contributed by atoms with van der Waals surface area (Å²) in [6.07, 6.45) is 2.82. The average molecular weight is 400 g/mol. The molecule has 140 valence electrons. The summed E-state index contributed by atoms with van der Waals surface area (Å²) in [6.45, 7) is 2.60. The second-order valence-corrected chi connectivity index (χ2v) is 7.76. The molecular formula is C20H21N3O2S2. The van der Waals surface area contributed by atoms with Gasteiger partial charge in [0, 0.05) is 17.1 Å². The van der Waals surface area contributed by atoms with Gasteiger partial charge in [0.2, 0.25) is 5.91 Å². The molecule has 0 aliphatic heterocycles. The number of hydrogen-bond donors (Lipinski definition) is 1. The fourth-order valence-electron chi connectivity index (χ4n) is 2.71. The zero-order valence-corrected chi connectivity index (χ0v) is 16.9. The molecule has 3 rings (SSSR count). The molecule has 0 saturated carbocycles. The zero-order valence-electron chi connectivity index (χ0n) is 15.3. The molecule has 1 aromatic heterocycles. The second-order valence-electron chi connectivity index (χ2n) is 5.94. The normalized spacial score (nSPS) is 10.9. The first-order valence-corrected chi connectivity index (χ1v) is 10.9. The van der Waals surface area contributed by atoms with Crippen molar-refractivity contribution in [1.29, 1.82) is 0 Å². The number of thioether (sulfide) groups is 2. The number of rotatable bonds is 7. The van der Waals surface area contributed by atoms with Crippen LogP contribution >= 0.6 is 23.5 Å². The van der Waals surface area contributed by atoms with E-state index in [9.17, 15) is 9.59 Å². The van der Waals surface area contributed by atoms with Gasteiger partial charge in [-0.1, -0.05) is 36.9 Å². The van der Waals surface area contributed by atoms with Gasteiger partial charge in [-0.25, -0.2) is 4.98 Å². The van der Waals surface area contributed by atoms with Gasteiger partial charge in [0.1, 0.15) is 0 Å². The monoisotopic (exact) mass is 399 g/mol. The molecule has 1 heterocycles. The first kappa shape index (κ1) is 19.5. The molecule has 7 heteroatoms. The maximum atomic E-state index is 12.8. The number of para-hydroxylation sites is 1. The van der Waals surface area contributed by atoms with Gasteiger partial charge in [0.05, 0.1) is 16.7 Å². The van der Waals surface area contributed by atoms with Gasteiger partial charge in [-0.3, -0.25) is 14.2 Å².